The molecule has 1 N–H and O–H groups in total. The molecule has 0 amide bonds. The summed E-state index contributed by atoms with van der Waals surface area (Å²) in [6.07, 6.45) is 0. The normalized spacial score (nSPS) is 11.1. The van der Waals surface area contributed by atoms with Crippen LogP contribution in [0.5, 0.6) is 0 Å². The maximum absolute atomic E-state index is 13.9. The van der Waals surface area contributed by atoms with Crippen LogP contribution in [0.15, 0.2) is 41.3 Å². The fourth-order valence-corrected chi connectivity index (χ4v) is 3.32. The van der Waals surface area contributed by atoms with Crippen LogP contribution in [0.25, 0.3) is 0 Å². The van der Waals surface area contributed by atoms with Gasteiger partial charge in [0.1, 0.15) is 10.7 Å². The van der Waals surface area contributed by atoms with E-state index in [9.17, 15) is 17.6 Å². The topological polar surface area (TPSA) is 72.5 Å². The minimum atomic E-state index is -4.18. The highest BCUT2D eigenvalue weighted by atomic mass is 32.2. The van der Waals surface area contributed by atoms with Crippen molar-refractivity contribution < 1.29 is 22.3 Å². The third kappa shape index (κ3) is 3.68. The number of halogens is 1. The number of anilines is 1. The minimum Gasteiger partial charge on any atom is -0.465 e. The zero-order chi connectivity index (χ0) is 17.2. The molecule has 0 spiro atoms. The Bertz CT molecular complexity index is 862. The van der Waals surface area contributed by atoms with E-state index in [1.165, 1.54) is 0 Å². The van der Waals surface area contributed by atoms with Crippen LogP contribution < -0.4 is 4.72 Å². The number of hydrogen-bond donors (Lipinski definition) is 1. The molecule has 2 aromatic rings. The van der Waals surface area contributed by atoms with Crippen LogP contribution in [-0.2, 0) is 14.8 Å². The van der Waals surface area contributed by atoms with E-state index in [0.29, 0.717) is 11.3 Å². The maximum Gasteiger partial charge on any atom is 0.337 e. The Balaban J connectivity index is 2.45. The average molecular weight is 337 g/mol. The molecule has 23 heavy (non-hydrogen) atoms. The molecule has 0 heterocycles. The van der Waals surface area contributed by atoms with Gasteiger partial charge in [-0.2, -0.15) is 0 Å². The van der Waals surface area contributed by atoms with E-state index in [0.717, 1.165) is 30.9 Å². The third-order valence-electron chi connectivity index (χ3n) is 3.27. The molecule has 0 fully saturated rings. The van der Waals surface area contributed by atoms with Gasteiger partial charge < -0.3 is 4.74 Å². The summed E-state index contributed by atoms with van der Waals surface area (Å²) in [7, 11) is -3.02. The molecule has 0 aliphatic rings. The number of methoxy groups -OCH3 is 1. The van der Waals surface area contributed by atoms with Crippen LogP contribution in [0.1, 0.15) is 21.5 Å². The fraction of sp³-hybridized carbons (Fsp3) is 0.188. The summed E-state index contributed by atoms with van der Waals surface area (Å²) in [6.45, 7) is 3.62. The van der Waals surface area contributed by atoms with Gasteiger partial charge in [0.2, 0.25) is 0 Å². The third-order valence-corrected chi connectivity index (χ3v) is 4.65. The zero-order valence-electron chi connectivity index (χ0n) is 12.9. The quantitative estimate of drug-likeness (QED) is 0.871. The Kier molecular flexibility index (Phi) is 4.70. The van der Waals surface area contributed by atoms with Gasteiger partial charge in [0, 0.05) is 0 Å². The highest BCUT2D eigenvalue weighted by molar-refractivity contribution is 7.92. The fourth-order valence-electron chi connectivity index (χ4n) is 2.08. The molecule has 2 aromatic carbocycles. The number of sulfonamides is 1. The molecule has 122 valence electrons. The van der Waals surface area contributed by atoms with E-state index in [1.807, 2.05) is 6.92 Å². The van der Waals surface area contributed by atoms with Gasteiger partial charge in [-0.05, 0) is 43.7 Å². The van der Waals surface area contributed by atoms with Gasteiger partial charge in [-0.15, -0.1) is 0 Å². The number of nitrogens with one attached hydrogen (secondary N) is 1. The van der Waals surface area contributed by atoms with Gasteiger partial charge in [0.05, 0.1) is 18.4 Å². The number of benzene rings is 2. The lowest BCUT2D eigenvalue weighted by molar-refractivity contribution is 0.0600. The Hall–Kier alpha value is -2.41. The van der Waals surface area contributed by atoms with E-state index in [4.69, 9.17) is 0 Å². The Morgan fingerprint density at radius 2 is 1.83 bits per heavy atom. The van der Waals surface area contributed by atoms with Gasteiger partial charge in [-0.25, -0.2) is 17.6 Å². The van der Waals surface area contributed by atoms with Crippen LogP contribution in [0.2, 0.25) is 0 Å². The molecule has 0 aromatic heterocycles. The number of esters is 1. The smallest absolute Gasteiger partial charge is 0.337 e. The average Bonchev–Trinajstić information content (AvgIpc) is 2.49. The number of carbonyl (C=O) groups is 1. The van der Waals surface area contributed by atoms with Crippen molar-refractivity contribution in [2.75, 3.05) is 11.8 Å². The summed E-state index contributed by atoms with van der Waals surface area (Å²) >= 11 is 0. The molecule has 0 atom stereocenters. The van der Waals surface area contributed by atoms with Crippen molar-refractivity contribution in [1.29, 1.82) is 0 Å². The standard InChI is InChI=1S/C16H16FNO4S/c1-10-4-7-14(11(2)8-10)18-23(20,21)15-9-12(16(19)22-3)5-6-13(15)17/h4-9,18H,1-3H3. The molecule has 7 heteroatoms. The number of aryl methyl sites for hydroxylation is 2. The molecule has 0 unspecified atom stereocenters. The van der Waals surface area contributed by atoms with Crippen molar-refractivity contribution in [3.05, 3.63) is 58.9 Å². The predicted molar refractivity (Wildman–Crippen MR) is 84.5 cm³/mol. The van der Waals surface area contributed by atoms with Crippen LogP contribution in [-0.4, -0.2) is 21.5 Å². The lowest BCUT2D eigenvalue weighted by atomic mass is 10.1. The lowest BCUT2D eigenvalue weighted by Crippen LogP contribution is -2.16. The molecular weight excluding hydrogens is 321 g/mol. The molecule has 2 rings (SSSR count). The molecule has 0 radical (unpaired) electrons. The maximum atomic E-state index is 13.9. The first-order valence-corrected chi connectivity index (χ1v) is 8.21. The summed E-state index contributed by atoms with van der Waals surface area (Å²) in [4.78, 5) is 10.9. The van der Waals surface area contributed by atoms with E-state index >= 15 is 0 Å². The summed E-state index contributed by atoms with van der Waals surface area (Å²) in [6, 6.07) is 8.18. The second-order valence-electron chi connectivity index (χ2n) is 5.06. The molecule has 0 bridgehead atoms. The molecular formula is C16H16FNO4S. The van der Waals surface area contributed by atoms with Gasteiger partial charge in [-0.1, -0.05) is 17.7 Å². The van der Waals surface area contributed by atoms with Gasteiger partial charge >= 0.3 is 5.97 Å². The largest absolute Gasteiger partial charge is 0.465 e. The van der Waals surface area contributed by atoms with Crippen molar-refractivity contribution >= 4 is 21.7 Å². The summed E-state index contributed by atoms with van der Waals surface area (Å²) in [5, 5.41) is 0. The second-order valence-corrected chi connectivity index (χ2v) is 6.71. The van der Waals surface area contributed by atoms with E-state index < -0.39 is 26.7 Å². The first-order valence-electron chi connectivity index (χ1n) is 6.72. The number of hydrogen-bond acceptors (Lipinski definition) is 4. The van der Waals surface area contributed by atoms with E-state index in [1.54, 1.807) is 25.1 Å². The van der Waals surface area contributed by atoms with E-state index in [2.05, 4.69) is 9.46 Å². The Morgan fingerprint density at radius 3 is 2.43 bits per heavy atom. The van der Waals surface area contributed by atoms with Crippen molar-refractivity contribution in [2.24, 2.45) is 0 Å². The molecule has 0 aliphatic heterocycles. The van der Waals surface area contributed by atoms with Crippen LogP contribution >= 0.6 is 0 Å². The number of carbonyl (C=O) groups excluding carboxylic acids is 1. The SMILES string of the molecule is COC(=O)c1ccc(F)c(S(=O)(=O)Nc2ccc(C)cc2C)c1. The number of rotatable bonds is 4. The molecule has 0 saturated heterocycles. The Labute approximate surface area is 134 Å². The molecule has 5 nitrogen and oxygen atoms in total. The van der Waals surface area contributed by atoms with Crippen LogP contribution in [0, 0.1) is 19.7 Å². The van der Waals surface area contributed by atoms with Gasteiger partial charge in [0.25, 0.3) is 10.0 Å². The monoisotopic (exact) mass is 337 g/mol. The molecule has 0 aliphatic carbocycles. The van der Waals surface area contributed by atoms with E-state index in [-0.39, 0.29) is 5.56 Å². The highest BCUT2D eigenvalue weighted by Crippen LogP contribution is 2.23. The number of ether oxygens (including phenoxy) is 1. The zero-order valence-corrected chi connectivity index (χ0v) is 13.7. The minimum absolute atomic E-state index is 0.0464. The van der Waals surface area contributed by atoms with Crippen molar-refractivity contribution in [1.82, 2.24) is 0 Å². The predicted octanol–water partition coefficient (Wildman–Crippen LogP) is 3.03. The summed E-state index contributed by atoms with van der Waals surface area (Å²) in [5.74, 6) is -1.69. The van der Waals surface area contributed by atoms with Gasteiger partial charge in [0.15, 0.2) is 0 Å². The van der Waals surface area contributed by atoms with Gasteiger partial charge in [-0.3, -0.25) is 4.72 Å². The summed E-state index contributed by atoms with van der Waals surface area (Å²) in [5.41, 5.74) is 1.98. The Morgan fingerprint density at radius 1 is 1.13 bits per heavy atom. The lowest BCUT2D eigenvalue weighted by Gasteiger charge is -2.12. The summed E-state index contributed by atoms with van der Waals surface area (Å²) < 4.78 is 45.6. The van der Waals surface area contributed by atoms with Crippen molar-refractivity contribution in [2.45, 2.75) is 18.7 Å². The molecule has 0 saturated carbocycles. The highest BCUT2D eigenvalue weighted by Gasteiger charge is 2.22. The van der Waals surface area contributed by atoms with Crippen LogP contribution in [0.4, 0.5) is 10.1 Å². The first-order chi connectivity index (χ1) is 10.7. The second kappa shape index (κ2) is 6.37. The first kappa shape index (κ1) is 17.0. The van der Waals surface area contributed by atoms with Crippen LogP contribution in [0.3, 0.4) is 0 Å². The van der Waals surface area contributed by atoms with Crippen molar-refractivity contribution in [3.8, 4) is 0 Å². The van der Waals surface area contributed by atoms with Crippen molar-refractivity contribution in [3.63, 3.8) is 0 Å².